The summed E-state index contributed by atoms with van der Waals surface area (Å²) in [5.41, 5.74) is 0. The van der Waals surface area contributed by atoms with Crippen LogP contribution in [0.5, 0.6) is 0 Å². The van der Waals surface area contributed by atoms with Crippen molar-refractivity contribution in [1.82, 2.24) is 5.32 Å². The molecule has 14 heavy (non-hydrogen) atoms. The van der Waals surface area contributed by atoms with E-state index in [4.69, 9.17) is 14.6 Å². The van der Waals surface area contributed by atoms with Crippen LogP contribution < -0.4 is 5.32 Å². The fraction of sp³-hybridized carbons (Fsp3) is 0.750. The maximum absolute atomic E-state index is 10.7. The summed E-state index contributed by atoms with van der Waals surface area (Å²) in [5, 5.41) is 10.9. The van der Waals surface area contributed by atoms with Crippen LogP contribution >= 0.6 is 0 Å². The van der Waals surface area contributed by atoms with Gasteiger partial charge in [0.2, 0.25) is 6.41 Å². The second-order valence-electron chi connectivity index (χ2n) is 2.38. The second kappa shape index (κ2) is 7.28. The van der Waals surface area contributed by atoms with Crippen molar-refractivity contribution >= 4 is 12.4 Å². The van der Waals surface area contributed by atoms with Gasteiger partial charge in [0.25, 0.3) is 0 Å². The molecule has 0 aliphatic carbocycles. The molecular formula is C8H15NO5. The van der Waals surface area contributed by atoms with Crippen LogP contribution in [-0.4, -0.2) is 43.0 Å². The van der Waals surface area contributed by atoms with E-state index in [1.165, 1.54) is 0 Å². The molecule has 1 amide bonds. The number of carboxylic acid groups (broad SMARTS) is 1. The van der Waals surface area contributed by atoms with Gasteiger partial charge in [-0.1, -0.05) is 0 Å². The third kappa shape index (κ3) is 4.20. The zero-order valence-corrected chi connectivity index (χ0v) is 8.23. The van der Waals surface area contributed by atoms with Crippen LogP contribution in [0, 0.1) is 0 Å². The number of ether oxygens (including phenoxy) is 2. The number of nitrogens with one attached hydrogen (secondary N) is 1. The van der Waals surface area contributed by atoms with Gasteiger partial charge in [0.05, 0.1) is 0 Å². The average molecular weight is 205 g/mol. The summed E-state index contributed by atoms with van der Waals surface area (Å²) in [6.45, 7) is 4.06. The second-order valence-corrected chi connectivity index (χ2v) is 2.38. The lowest BCUT2D eigenvalue weighted by atomic mass is 10.3. The first kappa shape index (κ1) is 12.9. The maximum atomic E-state index is 10.7. The van der Waals surface area contributed by atoms with Crippen molar-refractivity contribution in [3.63, 3.8) is 0 Å². The molecule has 82 valence electrons. The molecule has 0 saturated heterocycles. The minimum absolute atomic E-state index is 0.309. The monoisotopic (exact) mass is 205 g/mol. The van der Waals surface area contributed by atoms with E-state index in [2.05, 4.69) is 5.32 Å². The van der Waals surface area contributed by atoms with Crippen molar-refractivity contribution in [3.05, 3.63) is 0 Å². The molecule has 0 unspecified atom stereocenters. The number of carboxylic acids is 1. The third-order valence-corrected chi connectivity index (χ3v) is 1.45. The molecule has 0 aromatic heterocycles. The van der Waals surface area contributed by atoms with E-state index in [0.29, 0.717) is 19.6 Å². The summed E-state index contributed by atoms with van der Waals surface area (Å²) in [6.07, 6.45) is -0.642. The molecule has 0 rings (SSSR count). The summed E-state index contributed by atoms with van der Waals surface area (Å²) in [4.78, 5) is 20.8. The van der Waals surface area contributed by atoms with Crippen molar-refractivity contribution in [2.75, 3.05) is 13.2 Å². The first-order valence-corrected chi connectivity index (χ1v) is 4.33. The number of amides is 1. The van der Waals surface area contributed by atoms with E-state index >= 15 is 0 Å². The highest BCUT2D eigenvalue weighted by Crippen LogP contribution is 2.02. The zero-order valence-electron chi connectivity index (χ0n) is 8.23. The average Bonchev–Trinajstić information content (AvgIpc) is 2.13. The Kier molecular flexibility index (Phi) is 6.69. The molecule has 0 aliphatic rings. The van der Waals surface area contributed by atoms with Gasteiger partial charge in [-0.3, -0.25) is 4.79 Å². The summed E-state index contributed by atoms with van der Waals surface area (Å²) in [6, 6.07) is -1.17. The van der Waals surface area contributed by atoms with Gasteiger partial charge in [-0.15, -0.1) is 0 Å². The van der Waals surface area contributed by atoms with Gasteiger partial charge in [-0.25, -0.2) is 4.79 Å². The molecule has 6 heteroatoms. The van der Waals surface area contributed by atoms with Gasteiger partial charge in [0.1, 0.15) is 0 Å². The third-order valence-electron chi connectivity index (χ3n) is 1.45. The molecule has 0 aromatic rings. The Hall–Kier alpha value is -1.14. The van der Waals surface area contributed by atoms with Gasteiger partial charge in [0.15, 0.2) is 12.3 Å². The Balaban J connectivity index is 4.36. The maximum Gasteiger partial charge on any atom is 0.331 e. The van der Waals surface area contributed by atoms with Crippen LogP contribution in [0.25, 0.3) is 0 Å². The van der Waals surface area contributed by atoms with Crippen molar-refractivity contribution < 1.29 is 24.2 Å². The molecule has 2 N–H and O–H groups in total. The van der Waals surface area contributed by atoms with Crippen LogP contribution in [0.1, 0.15) is 13.8 Å². The van der Waals surface area contributed by atoms with Gasteiger partial charge in [-0.05, 0) is 13.8 Å². The van der Waals surface area contributed by atoms with Gasteiger partial charge < -0.3 is 19.9 Å². The normalized spacial score (nSPS) is 12.5. The fourth-order valence-corrected chi connectivity index (χ4v) is 0.909. The van der Waals surface area contributed by atoms with E-state index < -0.39 is 18.3 Å². The number of carbonyl (C=O) groups is 2. The van der Waals surface area contributed by atoms with E-state index in [1.807, 2.05) is 0 Å². The van der Waals surface area contributed by atoms with Crippen LogP contribution in [0.15, 0.2) is 0 Å². The highest BCUT2D eigenvalue weighted by Gasteiger charge is 2.28. The molecule has 0 aliphatic heterocycles. The van der Waals surface area contributed by atoms with Gasteiger partial charge >= 0.3 is 5.97 Å². The predicted molar refractivity (Wildman–Crippen MR) is 47.7 cm³/mol. The van der Waals surface area contributed by atoms with Crippen LogP contribution in [-0.2, 0) is 19.1 Å². The first-order chi connectivity index (χ1) is 6.67. The number of aliphatic carboxylic acids is 1. The Morgan fingerprint density at radius 3 is 2.21 bits per heavy atom. The standard InChI is InChI=1S/C8H15NO5/c1-3-13-8(14-4-2)6(7(11)12)9-5-10/h5-6,8H,3-4H2,1-2H3,(H,9,10)(H,11,12)/t6-/m1/s1. The Morgan fingerprint density at radius 2 is 1.93 bits per heavy atom. The largest absolute Gasteiger partial charge is 0.480 e. The quantitative estimate of drug-likeness (QED) is 0.415. The van der Waals surface area contributed by atoms with Crippen LogP contribution in [0.2, 0.25) is 0 Å². The predicted octanol–water partition coefficient (Wildman–Crippen LogP) is -0.415. The minimum Gasteiger partial charge on any atom is -0.480 e. The van der Waals surface area contributed by atoms with Crippen molar-refractivity contribution in [1.29, 1.82) is 0 Å². The Morgan fingerprint density at radius 1 is 1.43 bits per heavy atom. The lowest BCUT2D eigenvalue weighted by molar-refractivity contribution is -0.175. The van der Waals surface area contributed by atoms with Crippen LogP contribution in [0.4, 0.5) is 0 Å². The summed E-state index contributed by atoms with van der Waals surface area (Å²) in [5.74, 6) is -1.19. The van der Waals surface area contributed by atoms with Crippen molar-refractivity contribution in [3.8, 4) is 0 Å². The highest BCUT2D eigenvalue weighted by atomic mass is 16.7. The number of hydrogen-bond acceptors (Lipinski definition) is 4. The van der Waals surface area contributed by atoms with E-state index in [9.17, 15) is 9.59 Å². The molecule has 0 spiro atoms. The minimum atomic E-state index is -1.19. The lowest BCUT2D eigenvalue weighted by Gasteiger charge is -2.22. The lowest BCUT2D eigenvalue weighted by Crippen LogP contribution is -2.48. The molecular weight excluding hydrogens is 190 g/mol. The van der Waals surface area contributed by atoms with Gasteiger partial charge in [0, 0.05) is 13.2 Å². The van der Waals surface area contributed by atoms with E-state index in [1.54, 1.807) is 13.8 Å². The fourth-order valence-electron chi connectivity index (χ4n) is 0.909. The molecule has 0 bridgehead atoms. The highest BCUT2D eigenvalue weighted by molar-refractivity contribution is 5.76. The number of hydrogen-bond donors (Lipinski definition) is 2. The molecule has 0 aromatic carbocycles. The van der Waals surface area contributed by atoms with Crippen molar-refractivity contribution in [2.45, 2.75) is 26.2 Å². The zero-order chi connectivity index (χ0) is 11.0. The summed E-state index contributed by atoms with van der Waals surface area (Å²) < 4.78 is 10.1. The Labute approximate surface area is 82.2 Å². The van der Waals surface area contributed by atoms with E-state index in [0.717, 1.165) is 0 Å². The number of rotatable bonds is 8. The molecule has 0 fully saturated rings. The molecule has 0 saturated carbocycles. The Bertz CT molecular complexity index is 179. The first-order valence-electron chi connectivity index (χ1n) is 4.33. The summed E-state index contributed by atoms with van der Waals surface area (Å²) >= 11 is 0. The molecule has 6 nitrogen and oxygen atoms in total. The molecule has 1 atom stereocenters. The molecule has 0 radical (unpaired) electrons. The summed E-state index contributed by atoms with van der Waals surface area (Å²) in [7, 11) is 0. The SMILES string of the molecule is CCOC(OCC)[C@H](NC=O)C(=O)O. The smallest absolute Gasteiger partial charge is 0.331 e. The van der Waals surface area contributed by atoms with E-state index in [-0.39, 0.29) is 0 Å². The number of carbonyl (C=O) groups excluding carboxylic acids is 1. The molecule has 0 heterocycles. The van der Waals surface area contributed by atoms with Crippen LogP contribution in [0.3, 0.4) is 0 Å². The van der Waals surface area contributed by atoms with Crippen molar-refractivity contribution in [2.24, 2.45) is 0 Å². The topological polar surface area (TPSA) is 84.9 Å². The van der Waals surface area contributed by atoms with Gasteiger partial charge in [-0.2, -0.15) is 0 Å².